The van der Waals surface area contributed by atoms with Crippen LogP contribution in [0.5, 0.6) is 0 Å². The Labute approximate surface area is 290 Å². The Kier molecular flexibility index (Phi) is 6.82. The van der Waals surface area contributed by atoms with Gasteiger partial charge in [0.2, 0.25) is 0 Å². The minimum Gasteiger partial charge on any atom is -0.0813 e. The Morgan fingerprint density at radius 3 is 2.10 bits per heavy atom. The van der Waals surface area contributed by atoms with E-state index < -0.39 is 0 Å². The van der Waals surface area contributed by atoms with E-state index in [0.717, 1.165) is 6.42 Å². The van der Waals surface area contributed by atoms with Crippen LogP contribution in [0.15, 0.2) is 145 Å². The molecule has 2 atom stereocenters. The summed E-state index contributed by atoms with van der Waals surface area (Å²) < 4.78 is 0. The summed E-state index contributed by atoms with van der Waals surface area (Å²) in [4.78, 5) is 0. The van der Waals surface area contributed by atoms with Crippen LogP contribution in [0.4, 0.5) is 0 Å². The Hall–Kier alpha value is -5.20. The molecule has 0 heterocycles. The molecule has 0 spiro atoms. The van der Waals surface area contributed by atoms with E-state index in [9.17, 15) is 0 Å². The smallest absolute Gasteiger partial charge is 0.0159 e. The first-order valence-electron chi connectivity index (χ1n) is 17.9. The number of rotatable bonds is 3. The summed E-state index contributed by atoms with van der Waals surface area (Å²) in [6.07, 6.45) is 8.34. The maximum absolute atomic E-state index is 2.57. The van der Waals surface area contributed by atoms with Crippen LogP contribution < -0.4 is 0 Å². The van der Waals surface area contributed by atoms with Crippen LogP contribution in [0.3, 0.4) is 0 Å². The first kappa shape index (κ1) is 29.9. The predicted molar refractivity (Wildman–Crippen MR) is 212 cm³/mol. The van der Waals surface area contributed by atoms with Gasteiger partial charge in [-0.3, -0.25) is 0 Å². The molecule has 0 saturated carbocycles. The van der Waals surface area contributed by atoms with Crippen molar-refractivity contribution in [3.8, 4) is 33.4 Å². The van der Waals surface area contributed by atoms with Crippen molar-refractivity contribution < 1.29 is 0 Å². The molecule has 9 rings (SSSR count). The molecule has 0 N–H and O–H groups in total. The second-order valence-corrected chi connectivity index (χ2v) is 15.1. The summed E-state index contributed by atoms with van der Waals surface area (Å²) in [5.41, 5.74) is 14.7. The first-order chi connectivity index (χ1) is 23.8. The van der Waals surface area contributed by atoms with Crippen LogP contribution in [0.25, 0.3) is 65.7 Å². The minimum absolute atomic E-state index is 0.0801. The average molecular weight is 631 g/mol. The van der Waals surface area contributed by atoms with Crippen molar-refractivity contribution in [1.82, 2.24) is 0 Å². The molecular formula is C49H42. The molecule has 2 aliphatic carbocycles. The molecule has 0 aliphatic heterocycles. The van der Waals surface area contributed by atoms with E-state index in [2.05, 4.69) is 174 Å². The molecule has 0 radical (unpaired) electrons. The number of benzene rings is 7. The fourth-order valence-corrected chi connectivity index (χ4v) is 8.80. The molecule has 0 bridgehead atoms. The topological polar surface area (TPSA) is 0 Å². The zero-order valence-corrected chi connectivity index (χ0v) is 29.1. The van der Waals surface area contributed by atoms with Crippen molar-refractivity contribution in [2.24, 2.45) is 5.92 Å². The van der Waals surface area contributed by atoms with Crippen molar-refractivity contribution >= 4 is 32.3 Å². The van der Waals surface area contributed by atoms with Gasteiger partial charge in [0.25, 0.3) is 0 Å². The monoisotopic (exact) mass is 630 g/mol. The molecule has 0 saturated heterocycles. The molecular weight excluding hydrogens is 589 g/mol. The highest BCUT2D eigenvalue weighted by Crippen LogP contribution is 2.53. The van der Waals surface area contributed by atoms with Crippen molar-refractivity contribution in [1.29, 1.82) is 0 Å². The minimum atomic E-state index is -0.0801. The van der Waals surface area contributed by atoms with E-state index in [1.54, 1.807) is 0 Å². The van der Waals surface area contributed by atoms with Crippen LogP contribution in [0.2, 0.25) is 0 Å². The third kappa shape index (κ3) is 4.72. The summed E-state index contributed by atoms with van der Waals surface area (Å²) >= 11 is 0. The molecule has 7 aromatic rings. The van der Waals surface area contributed by atoms with E-state index in [4.69, 9.17) is 0 Å². The Balaban J connectivity index is 1.43. The zero-order valence-electron chi connectivity index (χ0n) is 29.1. The van der Waals surface area contributed by atoms with Gasteiger partial charge in [0.15, 0.2) is 0 Å². The summed E-state index contributed by atoms with van der Waals surface area (Å²) in [7, 11) is 0. The predicted octanol–water partition coefficient (Wildman–Crippen LogP) is 13.7. The van der Waals surface area contributed by atoms with Gasteiger partial charge in [0.05, 0.1) is 0 Å². The first-order valence-corrected chi connectivity index (χ1v) is 17.9. The quantitative estimate of drug-likeness (QED) is 0.170. The van der Waals surface area contributed by atoms with E-state index in [0.29, 0.717) is 11.8 Å². The lowest BCUT2D eigenvalue weighted by Crippen LogP contribution is -2.15. The molecule has 2 aliphatic rings. The second kappa shape index (κ2) is 11.2. The maximum atomic E-state index is 2.57. The summed E-state index contributed by atoms with van der Waals surface area (Å²) in [6, 6.07) is 46.3. The van der Waals surface area contributed by atoms with Crippen molar-refractivity contribution in [3.05, 3.63) is 167 Å². The number of hydrogen-bond donors (Lipinski definition) is 0. The maximum Gasteiger partial charge on any atom is 0.0159 e. The standard InChI is InChI=1S/C49H42/c1-30-14-18-32(3)38(24-17-30)48-40-25-23-37(36-22-21-33-10-6-7-11-35(33)26-36)27-42(40)47(34-19-15-31(2)16-20-34)44-29-46-41(28-43(44)48)39-12-8-9-13-45(39)49(46,4)5/h6-17,19-29,32,38H,18H2,1-5H3. The lowest BCUT2D eigenvalue weighted by Gasteiger charge is -2.27. The molecule has 0 fully saturated rings. The fourth-order valence-electron chi connectivity index (χ4n) is 8.80. The Morgan fingerprint density at radius 2 is 1.27 bits per heavy atom. The van der Waals surface area contributed by atoms with Gasteiger partial charge < -0.3 is 0 Å². The molecule has 0 aromatic heterocycles. The van der Waals surface area contributed by atoms with Crippen LogP contribution >= 0.6 is 0 Å². The third-order valence-electron chi connectivity index (χ3n) is 11.6. The van der Waals surface area contributed by atoms with E-state index in [1.165, 1.54) is 93.5 Å². The van der Waals surface area contributed by atoms with Gasteiger partial charge >= 0.3 is 0 Å². The molecule has 49 heavy (non-hydrogen) atoms. The molecule has 238 valence electrons. The number of aryl methyl sites for hydroxylation is 1. The number of allylic oxidation sites excluding steroid dienone is 4. The summed E-state index contributed by atoms with van der Waals surface area (Å²) in [6.45, 7) is 11.7. The zero-order chi connectivity index (χ0) is 33.4. The SMILES string of the molecule is CC1=CCC(C)C(c2c3ccc(-c4ccc5ccccc5c4)cc3c(-c3ccc(C)cc3)c3cc4c(cc23)-c2ccccc2C4(C)C)C=C1. The van der Waals surface area contributed by atoms with Crippen molar-refractivity contribution in [2.75, 3.05) is 0 Å². The number of fused-ring (bicyclic) bond motifs is 6. The van der Waals surface area contributed by atoms with Gasteiger partial charge in [-0.25, -0.2) is 0 Å². The molecule has 0 amide bonds. The lowest BCUT2D eigenvalue weighted by atomic mass is 9.76. The van der Waals surface area contributed by atoms with Gasteiger partial charge in [-0.15, -0.1) is 0 Å². The third-order valence-corrected chi connectivity index (χ3v) is 11.6. The second-order valence-electron chi connectivity index (χ2n) is 15.1. The van der Waals surface area contributed by atoms with Crippen LogP contribution in [0, 0.1) is 12.8 Å². The van der Waals surface area contributed by atoms with Crippen molar-refractivity contribution in [2.45, 2.75) is 52.4 Å². The Morgan fingerprint density at radius 1 is 0.571 bits per heavy atom. The van der Waals surface area contributed by atoms with Gasteiger partial charge in [0, 0.05) is 11.3 Å². The summed E-state index contributed by atoms with van der Waals surface area (Å²) in [5, 5.41) is 7.98. The van der Waals surface area contributed by atoms with Crippen molar-refractivity contribution in [3.63, 3.8) is 0 Å². The Bertz CT molecular complexity index is 2520. The lowest BCUT2D eigenvalue weighted by molar-refractivity contribution is 0.539. The van der Waals surface area contributed by atoms with Crippen LogP contribution in [-0.2, 0) is 5.41 Å². The van der Waals surface area contributed by atoms with Gasteiger partial charge in [-0.1, -0.05) is 147 Å². The van der Waals surface area contributed by atoms with Gasteiger partial charge in [-0.05, 0) is 133 Å². The van der Waals surface area contributed by atoms with Gasteiger partial charge in [0.1, 0.15) is 0 Å². The fraction of sp³-hybridized carbons (Fsp3) is 0.184. The highest BCUT2D eigenvalue weighted by atomic mass is 14.4. The molecule has 7 aromatic carbocycles. The highest BCUT2D eigenvalue weighted by molar-refractivity contribution is 6.17. The molecule has 0 nitrogen and oxygen atoms in total. The highest BCUT2D eigenvalue weighted by Gasteiger charge is 2.36. The average Bonchev–Trinajstić information content (AvgIpc) is 3.21. The van der Waals surface area contributed by atoms with E-state index in [-0.39, 0.29) is 5.41 Å². The van der Waals surface area contributed by atoms with E-state index in [1.807, 2.05) is 0 Å². The van der Waals surface area contributed by atoms with Crippen LogP contribution in [0.1, 0.15) is 62.3 Å². The van der Waals surface area contributed by atoms with Gasteiger partial charge in [-0.2, -0.15) is 0 Å². The van der Waals surface area contributed by atoms with Crippen LogP contribution in [-0.4, -0.2) is 0 Å². The number of hydrogen-bond acceptors (Lipinski definition) is 0. The normalized spacial score (nSPS) is 18.0. The molecule has 2 unspecified atom stereocenters. The largest absolute Gasteiger partial charge is 0.0813 e. The molecule has 0 heteroatoms. The van der Waals surface area contributed by atoms with E-state index >= 15 is 0 Å². The summed E-state index contributed by atoms with van der Waals surface area (Å²) in [5.74, 6) is 0.766.